The maximum absolute atomic E-state index is 11.9. The van der Waals surface area contributed by atoms with Crippen molar-refractivity contribution < 1.29 is 9.72 Å². The zero-order valence-electron chi connectivity index (χ0n) is 9.76. The molecule has 20 heavy (non-hydrogen) atoms. The monoisotopic (exact) mass is 315 g/mol. The van der Waals surface area contributed by atoms with Crippen molar-refractivity contribution in [1.29, 1.82) is 0 Å². The predicted octanol–water partition coefficient (Wildman–Crippen LogP) is 1.95. The van der Waals surface area contributed by atoms with Crippen LogP contribution in [0.15, 0.2) is 18.5 Å². The number of nitro benzene ring substituents is 1. The summed E-state index contributed by atoms with van der Waals surface area (Å²) in [7, 11) is 0. The maximum atomic E-state index is 11.9. The van der Waals surface area contributed by atoms with Gasteiger partial charge in [0.25, 0.3) is 11.6 Å². The molecule has 10 heteroatoms. The summed E-state index contributed by atoms with van der Waals surface area (Å²) in [5.74, 6) is -0.164. The lowest BCUT2D eigenvalue weighted by atomic mass is 10.2. The first-order valence-electron chi connectivity index (χ1n) is 5.25. The van der Waals surface area contributed by atoms with Crippen molar-refractivity contribution >= 4 is 34.8 Å². The number of H-pyrrole nitrogens is 1. The molecule has 0 radical (unpaired) electrons. The highest BCUT2D eigenvalue weighted by Crippen LogP contribution is 2.30. The number of nitrogens with zero attached hydrogens (tertiary/aromatic N) is 3. The molecule has 2 N–H and O–H groups in total. The molecule has 1 aromatic heterocycles. The summed E-state index contributed by atoms with van der Waals surface area (Å²) in [6.45, 7) is 0.0788. The number of hydrogen-bond acceptors (Lipinski definition) is 5. The molecule has 0 aliphatic heterocycles. The summed E-state index contributed by atoms with van der Waals surface area (Å²) in [5, 5.41) is 19.3. The van der Waals surface area contributed by atoms with Crippen molar-refractivity contribution in [1.82, 2.24) is 20.5 Å². The second kappa shape index (κ2) is 5.85. The highest BCUT2D eigenvalue weighted by molar-refractivity contribution is 6.44. The molecule has 0 saturated heterocycles. The molecule has 0 unspecified atom stereocenters. The summed E-state index contributed by atoms with van der Waals surface area (Å²) in [5.41, 5.74) is -0.394. The van der Waals surface area contributed by atoms with Gasteiger partial charge in [-0.3, -0.25) is 20.0 Å². The fourth-order valence-electron chi connectivity index (χ4n) is 1.42. The van der Waals surface area contributed by atoms with Crippen LogP contribution < -0.4 is 5.32 Å². The third kappa shape index (κ3) is 3.03. The Morgan fingerprint density at radius 2 is 2.20 bits per heavy atom. The summed E-state index contributed by atoms with van der Waals surface area (Å²) in [4.78, 5) is 25.8. The minimum Gasteiger partial charge on any atom is -0.345 e. The minimum absolute atomic E-state index is 0.0488. The average molecular weight is 316 g/mol. The van der Waals surface area contributed by atoms with Crippen LogP contribution in [0.25, 0.3) is 0 Å². The van der Waals surface area contributed by atoms with E-state index in [2.05, 4.69) is 20.5 Å². The highest BCUT2D eigenvalue weighted by Gasteiger charge is 2.19. The van der Waals surface area contributed by atoms with E-state index in [-0.39, 0.29) is 27.8 Å². The van der Waals surface area contributed by atoms with Crippen molar-refractivity contribution in [3.63, 3.8) is 0 Å². The molecule has 0 fully saturated rings. The van der Waals surface area contributed by atoms with Crippen LogP contribution in [-0.4, -0.2) is 26.0 Å². The van der Waals surface area contributed by atoms with E-state index in [1.165, 1.54) is 6.33 Å². The molecule has 0 aliphatic rings. The minimum atomic E-state index is -0.657. The smallest absolute Gasteiger partial charge is 0.271 e. The number of amides is 1. The van der Waals surface area contributed by atoms with E-state index in [1.54, 1.807) is 0 Å². The van der Waals surface area contributed by atoms with Gasteiger partial charge in [-0.2, -0.15) is 5.10 Å². The lowest BCUT2D eigenvalue weighted by molar-refractivity contribution is -0.384. The molecule has 1 amide bonds. The van der Waals surface area contributed by atoms with E-state index in [4.69, 9.17) is 23.2 Å². The van der Waals surface area contributed by atoms with Crippen LogP contribution in [0.3, 0.4) is 0 Å². The van der Waals surface area contributed by atoms with E-state index in [0.717, 1.165) is 12.1 Å². The van der Waals surface area contributed by atoms with Crippen LogP contribution in [-0.2, 0) is 6.54 Å². The van der Waals surface area contributed by atoms with Crippen LogP contribution in [0.4, 0.5) is 5.69 Å². The predicted molar refractivity (Wildman–Crippen MR) is 70.7 cm³/mol. The summed E-state index contributed by atoms with van der Waals surface area (Å²) in [6, 6.07) is 2.14. The number of nitro groups is 1. The topological polar surface area (TPSA) is 114 Å². The summed E-state index contributed by atoms with van der Waals surface area (Å²) >= 11 is 11.6. The number of nitrogens with one attached hydrogen (secondary N) is 2. The van der Waals surface area contributed by atoms with Gasteiger partial charge in [0.1, 0.15) is 12.2 Å². The average Bonchev–Trinajstić information content (AvgIpc) is 2.92. The first kappa shape index (κ1) is 14.2. The first-order chi connectivity index (χ1) is 9.49. The molecule has 0 bridgehead atoms. The van der Waals surface area contributed by atoms with Gasteiger partial charge in [-0.15, -0.1) is 0 Å². The Hall–Kier alpha value is -2.19. The van der Waals surface area contributed by atoms with Crippen molar-refractivity contribution in [2.75, 3.05) is 0 Å². The number of aromatic amines is 1. The van der Waals surface area contributed by atoms with Crippen molar-refractivity contribution in [2.45, 2.75) is 6.54 Å². The maximum Gasteiger partial charge on any atom is 0.271 e. The Labute approximate surface area is 122 Å². The molecule has 1 aromatic carbocycles. The lowest BCUT2D eigenvalue weighted by Crippen LogP contribution is -2.24. The van der Waals surface area contributed by atoms with Gasteiger partial charge in [0.05, 0.1) is 27.1 Å². The normalized spacial score (nSPS) is 10.3. The molecular formula is C10H7Cl2N5O3. The zero-order chi connectivity index (χ0) is 14.7. The van der Waals surface area contributed by atoms with Crippen molar-refractivity contribution in [2.24, 2.45) is 0 Å². The van der Waals surface area contributed by atoms with E-state index in [9.17, 15) is 14.9 Å². The van der Waals surface area contributed by atoms with E-state index in [0.29, 0.717) is 5.82 Å². The molecule has 104 valence electrons. The van der Waals surface area contributed by atoms with Gasteiger partial charge in [0.2, 0.25) is 0 Å². The number of halogens is 2. The molecule has 0 atom stereocenters. The van der Waals surface area contributed by atoms with Gasteiger partial charge in [-0.25, -0.2) is 4.98 Å². The number of carbonyl (C=O) groups is 1. The number of hydrogen-bond donors (Lipinski definition) is 2. The number of carbonyl (C=O) groups excluding carboxylic acids is 1. The van der Waals surface area contributed by atoms with Crippen LogP contribution in [0, 0.1) is 10.1 Å². The molecular weight excluding hydrogens is 309 g/mol. The lowest BCUT2D eigenvalue weighted by Gasteiger charge is -2.06. The fourth-order valence-corrected chi connectivity index (χ4v) is 1.83. The second-order valence-electron chi connectivity index (χ2n) is 3.66. The van der Waals surface area contributed by atoms with E-state index < -0.39 is 10.8 Å². The third-order valence-electron chi connectivity index (χ3n) is 2.35. The Balaban J connectivity index is 2.22. The van der Waals surface area contributed by atoms with Crippen molar-refractivity contribution in [3.05, 3.63) is 50.0 Å². The van der Waals surface area contributed by atoms with Crippen LogP contribution in [0.2, 0.25) is 10.0 Å². The molecule has 0 saturated carbocycles. The fraction of sp³-hybridized carbons (Fsp3) is 0.100. The SMILES string of the molecule is O=C(NCc1ncn[nH]1)c1cc([N+](=O)[O-])cc(Cl)c1Cl. The Bertz CT molecular complexity index is 659. The Morgan fingerprint density at radius 3 is 2.80 bits per heavy atom. The van der Waals surface area contributed by atoms with Crippen LogP contribution in [0.1, 0.15) is 16.2 Å². The summed E-state index contributed by atoms with van der Waals surface area (Å²) < 4.78 is 0. The van der Waals surface area contributed by atoms with Gasteiger partial charge in [-0.05, 0) is 0 Å². The van der Waals surface area contributed by atoms with Gasteiger partial charge in [0.15, 0.2) is 0 Å². The molecule has 8 nitrogen and oxygen atoms in total. The first-order valence-corrected chi connectivity index (χ1v) is 6.00. The number of benzene rings is 1. The molecule has 1 heterocycles. The summed E-state index contributed by atoms with van der Waals surface area (Å²) in [6.07, 6.45) is 1.29. The quantitative estimate of drug-likeness (QED) is 0.661. The number of non-ortho nitro benzene ring substituents is 1. The van der Waals surface area contributed by atoms with Gasteiger partial charge < -0.3 is 5.32 Å². The van der Waals surface area contributed by atoms with E-state index in [1.807, 2.05) is 0 Å². The molecule has 2 rings (SSSR count). The molecule has 0 aliphatic carbocycles. The number of aromatic nitrogens is 3. The second-order valence-corrected chi connectivity index (χ2v) is 4.45. The standard InChI is InChI=1S/C10H7Cl2N5O3/c11-7-2-5(17(19)20)1-6(9(7)12)10(18)13-3-8-14-4-15-16-8/h1-2,4H,3H2,(H,13,18)(H,14,15,16). The third-order valence-corrected chi connectivity index (χ3v) is 3.15. The molecule has 2 aromatic rings. The highest BCUT2D eigenvalue weighted by atomic mass is 35.5. The van der Waals surface area contributed by atoms with Crippen molar-refractivity contribution in [3.8, 4) is 0 Å². The van der Waals surface area contributed by atoms with Gasteiger partial charge >= 0.3 is 0 Å². The van der Waals surface area contributed by atoms with Gasteiger partial charge in [-0.1, -0.05) is 23.2 Å². The van der Waals surface area contributed by atoms with Crippen LogP contribution in [0.5, 0.6) is 0 Å². The van der Waals surface area contributed by atoms with Gasteiger partial charge in [0, 0.05) is 12.1 Å². The van der Waals surface area contributed by atoms with E-state index >= 15 is 0 Å². The Kier molecular flexibility index (Phi) is 4.16. The Morgan fingerprint density at radius 1 is 1.45 bits per heavy atom. The zero-order valence-corrected chi connectivity index (χ0v) is 11.3. The molecule has 0 spiro atoms. The van der Waals surface area contributed by atoms with Crippen LogP contribution >= 0.6 is 23.2 Å². The number of rotatable bonds is 4. The largest absolute Gasteiger partial charge is 0.345 e.